The van der Waals surface area contributed by atoms with Gasteiger partial charge in [-0.3, -0.25) is 0 Å². The molecule has 1 aromatic rings. The molecule has 2 nitrogen and oxygen atoms in total. The third-order valence-electron chi connectivity index (χ3n) is 2.41. The molecule has 0 atom stereocenters. The summed E-state index contributed by atoms with van der Waals surface area (Å²) >= 11 is 1.93. The highest BCUT2D eigenvalue weighted by Crippen LogP contribution is 2.16. The second-order valence-corrected chi connectivity index (χ2v) is 4.71. The van der Waals surface area contributed by atoms with Crippen molar-refractivity contribution < 1.29 is 0 Å². The van der Waals surface area contributed by atoms with Crippen LogP contribution in [0.4, 0.5) is 0 Å². The Bertz CT molecular complexity index is 266. The smallest absolute Gasteiger partial charge is 0.0320 e. The molecule has 3 heteroatoms. The Hall–Kier alpha value is -0.380. The Morgan fingerprint density at radius 3 is 2.77 bits per heavy atom. The normalized spacial score (nSPS) is 17.3. The SMILES string of the molecule is CCc1ccc(CNC2CNC2)s1. The van der Waals surface area contributed by atoms with Gasteiger partial charge in [0.05, 0.1) is 0 Å². The molecule has 13 heavy (non-hydrogen) atoms. The van der Waals surface area contributed by atoms with Crippen LogP contribution >= 0.6 is 11.3 Å². The van der Waals surface area contributed by atoms with Crippen LogP contribution in [0.1, 0.15) is 16.7 Å². The van der Waals surface area contributed by atoms with Crippen LogP contribution < -0.4 is 10.6 Å². The topological polar surface area (TPSA) is 24.1 Å². The summed E-state index contributed by atoms with van der Waals surface area (Å²) in [7, 11) is 0. The summed E-state index contributed by atoms with van der Waals surface area (Å²) < 4.78 is 0. The average molecular weight is 196 g/mol. The van der Waals surface area contributed by atoms with Gasteiger partial charge >= 0.3 is 0 Å². The summed E-state index contributed by atoms with van der Waals surface area (Å²) in [6.45, 7) is 5.51. The molecule has 0 unspecified atom stereocenters. The number of hydrogen-bond acceptors (Lipinski definition) is 3. The fraction of sp³-hybridized carbons (Fsp3) is 0.600. The minimum absolute atomic E-state index is 0.701. The van der Waals surface area contributed by atoms with Gasteiger partial charge in [0, 0.05) is 35.4 Å². The van der Waals surface area contributed by atoms with Crippen molar-refractivity contribution in [2.24, 2.45) is 0 Å². The van der Waals surface area contributed by atoms with Crippen LogP contribution in [0.3, 0.4) is 0 Å². The summed E-state index contributed by atoms with van der Waals surface area (Å²) in [5, 5.41) is 6.78. The van der Waals surface area contributed by atoms with Gasteiger partial charge in [0.15, 0.2) is 0 Å². The molecule has 0 spiro atoms. The lowest BCUT2D eigenvalue weighted by molar-refractivity contribution is 0.366. The summed E-state index contributed by atoms with van der Waals surface area (Å²) in [5.41, 5.74) is 0. The van der Waals surface area contributed by atoms with E-state index in [4.69, 9.17) is 0 Å². The van der Waals surface area contributed by atoms with Gasteiger partial charge in [-0.25, -0.2) is 0 Å². The highest BCUT2D eigenvalue weighted by molar-refractivity contribution is 7.11. The first-order valence-corrected chi connectivity index (χ1v) is 5.72. The van der Waals surface area contributed by atoms with E-state index in [1.54, 1.807) is 0 Å². The van der Waals surface area contributed by atoms with E-state index in [0.717, 1.165) is 26.1 Å². The van der Waals surface area contributed by atoms with Crippen molar-refractivity contribution in [3.05, 3.63) is 21.9 Å². The molecule has 72 valence electrons. The monoisotopic (exact) mass is 196 g/mol. The first-order valence-electron chi connectivity index (χ1n) is 4.90. The van der Waals surface area contributed by atoms with Crippen molar-refractivity contribution in [3.8, 4) is 0 Å². The highest BCUT2D eigenvalue weighted by atomic mass is 32.1. The van der Waals surface area contributed by atoms with Crippen molar-refractivity contribution in [2.45, 2.75) is 25.9 Å². The predicted molar refractivity (Wildman–Crippen MR) is 57.2 cm³/mol. The van der Waals surface area contributed by atoms with E-state index in [9.17, 15) is 0 Å². The molecule has 2 heterocycles. The molecular formula is C10H16N2S. The van der Waals surface area contributed by atoms with Crippen LogP contribution in [-0.2, 0) is 13.0 Å². The lowest BCUT2D eigenvalue weighted by Gasteiger charge is -2.27. The van der Waals surface area contributed by atoms with Crippen molar-refractivity contribution in [3.63, 3.8) is 0 Å². The van der Waals surface area contributed by atoms with Crippen molar-refractivity contribution in [2.75, 3.05) is 13.1 Å². The van der Waals surface area contributed by atoms with E-state index >= 15 is 0 Å². The zero-order valence-electron chi connectivity index (χ0n) is 7.97. The lowest BCUT2D eigenvalue weighted by atomic mass is 10.2. The molecule has 1 aliphatic rings. The number of hydrogen-bond donors (Lipinski definition) is 2. The maximum absolute atomic E-state index is 3.52. The van der Waals surface area contributed by atoms with Gasteiger partial charge in [-0.1, -0.05) is 6.92 Å². The van der Waals surface area contributed by atoms with Crippen LogP contribution in [0.25, 0.3) is 0 Å². The second kappa shape index (κ2) is 4.22. The Kier molecular flexibility index (Phi) is 2.98. The number of rotatable bonds is 4. The molecule has 1 aliphatic heterocycles. The van der Waals surface area contributed by atoms with E-state index < -0.39 is 0 Å². The van der Waals surface area contributed by atoms with Gasteiger partial charge < -0.3 is 10.6 Å². The predicted octanol–water partition coefficient (Wildman–Crippen LogP) is 1.37. The third kappa shape index (κ3) is 2.30. The second-order valence-electron chi connectivity index (χ2n) is 3.46. The molecule has 0 radical (unpaired) electrons. The van der Waals surface area contributed by atoms with Gasteiger partial charge in [0.2, 0.25) is 0 Å². The zero-order valence-corrected chi connectivity index (χ0v) is 8.79. The van der Waals surface area contributed by atoms with Crippen LogP contribution in [0.15, 0.2) is 12.1 Å². The first kappa shape index (κ1) is 9.19. The Balaban J connectivity index is 1.79. The van der Waals surface area contributed by atoms with E-state index in [-0.39, 0.29) is 0 Å². The maximum Gasteiger partial charge on any atom is 0.0320 e. The molecule has 0 aromatic carbocycles. The van der Waals surface area contributed by atoms with E-state index in [1.807, 2.05) is 11.3 Å². The maximum atomic E-state index is 3.52. The highest BCUT2D eigenvalue weighted by Gasteiger charge is 2.15. The zero-order chi connectivity index (χ0) is 9.10. The molecule has 1 saturated heterocycles. The Morgan fingerprint density at radius 2 is 2.23 bits per heavy atom. The van der Waals surface area contributed by atoms with Crippen LogP contribution in [0.2, 0.25) is 0 Å². The molecule has 0 aliphatic carbocycles. The first-order chi connectivity index (χ1) is 6.38. The van der Waals surface area contributed by atoms with Gasteiger partial charge in [-0.15, -0.1) is 11.3 Å². The standard InChI is InChI=1S/C10H16N2S/c1-2-9-3-4-10(13-9)7-12-8-5-11-6-8/h3-4,8,11-12H,2,5-7H2,1H3. The fourth-order valence-corrected chi connectivity index (χ4v) is 2.29. The van der Waals surface area contributed by atoms with E-state index in [2.05, 4.69) is 29.7 Å². The quantitative estimate of drug-likeness (QED) is 0.760. The molecule has 2 rings (SSSR count). The van der Waals surface area contributed by atoms with Gasteiger partial charge in [-0.05, 0) is 18.6 Å². The van der Waals surface area contributed by atoms with Gasteiger partial charge in [0.1, 0.15) is 0 Å². The number of aryl methyl sites for hydroxylation is 1. The number of nitrogens with one attached hydrogen (secondary N) is 2. The summed E-state index contributed by atoms with van der Waals surface area (Å²) in [6.07, 6.45) is 1.16. The van der Waals surface area contributed by atoms with Crippen LogP contribution in [-0.4, -0.2) is 19.1 Å². The van der Waals surface area contributed by atoms with Gasteiger partial charge in [-0.2, -0.15) is 0 Å². The minimum Gasteiger partial charge on any atom is -0.314 e. The average Bonchev–Trinajstić information content (AvgIpc) is 2.49. The molecule has 0 amide bonds. The van der Waals surface area contributed by atoms with Crippen LogP contribution in [0.5, 0.6) is 0 Å². The molecule has 0 saturated carbocycles. The third-order valence-corrected chi connectivity index (χ3v) is 3.64. The lowest BCUT2D eigenvalue weighted by Crippen LogP contribution is -2.54. The van der Waals surface area contributed by atoms with Crippen LogP contribution in [0, 0.1) is 0 Å². The minimum atomic E-state index is 0.701. The van der Waals surface area contributed by atoms with Crippen molar-refractivity contribution >= 4 is 11.3 Å². The fourth-order valence-electron chi connectivity index (χ4n) is 1.39. The summed E-state index contributed by atoms with van der Waals surface area (Å²) in [4.78, 5) is 2.95. The summed E-state index contributed by atoms with van der Waals surface area (Å²) in [6, 6.07) is 5.18. The van der Waals surface area contributed by atoms with Crippen molar-refractivity contribution in [1.29, 1.82) is 0 Å². The number of thiophene rings is 1. The summed E-state index contributed by atoms with van der Waals surface area (Å²) in [5.74, 6) is 0. The molecule has 1 aromatic heterocycles. The van der Waals surface area contributed by atoms with Crippen molar-refractivity contribution in [1.82, 2.24) is 10.6 Å². The molecule has 0 bridgehead atoms. The molecule has 2 N–H and O–H groups in total. The largest absolute Gasteiger partial charge is 0.314 e. The van der Waals surface area contributed by atoms with Gasteiger partial charge in [0.25, 0.3) is 0 Å². The van der Waals surface area contributed by atoms with E-state index in [1.165, 1.54) is 9.75 Å². The Morgan fingerprint density at radius 1 is 1.46 bits per heavy atom. The van der Waals surface area contributed by atoms with E-state index in [0.29, 0.717) is 6.04 Å². The molecule has 1 fully saturated rings. The Labute approximate surface area is 83.4 Å². The molecular weight excluding hydrogens is 180 g/mol.